The molecule has 2 nitrogen and oxygen atoms in total. The molecule has 0 atom stereocenters. The van der Waals surface area contributed by atoms with Crippen LogP contribution in [0, 0.1) is 0 Å². The molecule has 0 spiro atoms. The van der Waals surface area contributed by atoms with Gasteiger partial charge in [-0.05, 0) is 34.1 Å². The van der Waals surface area contributed by atoms with Gasteiger partial charge in [0.2, 0.25) is 0 Å². The van der Waals surface area contributed by atoms with Gasteiger partial charge in [0, 0.05) is 12.7 Å². The monoisotopic (exact) mass is 242 g/mol. The minimum atomic E-state index is 0.936. The molecule has 0 aliphatic heterocycles. The Morgan fingerprint density at radius 3 is 3.08 bits per heavy atom. The molecule has 0 aliphatic carbocycles. The predicted molar refractivity (Wildman–Crippen MR) is 56.9 cm³/mol. The van der Waals surface area contributed by atoms with E-state index < -0.39 is 0 Å². The summed E-state index contributed by atoms with van der Waals surface area (Å²) in [6.45, 7) is 0. The number of rotatable bonds is 1. The molecule has 1 aromatic carbocycles. The molecule has 12 heavy (non-hydrogen) atoms. The molecule has 0 radical (unpaired) electrons. The molecule has 0 fully saturated rings. The van der Waals surface area contributed by atoms with E-state index >= 15 is 0 Å². The van der Waals surface area contributed by atoms with E-state index in [1.165, 1.54) is 4.70 Å². The Bertz CT molecular complexity index is 410. The number of fused-ring (bicyclic) bond motifs is 1. The average molecular weight is 243 g/mol. The van der Waals surface area contributed by atoms with E-state index in [1.54, 1.807) is 11.3 Å². The summed E-state index contributed by atoms with van der Waals surface area (Å²) in [6, 6.07) is 6.13. The van der Waals surface area contributed by atoms with E-state index in [-0.39, 0.29) is 0 Å². The van der Waals surface area contributed by atoms with Crippen LogP contribution in [0.2, 0.25) is 0 Å². The third kappa shape index (κ3) is 1.32. The Labute approximate surface area is 82.8 Å². The zero-order valence-corrected chi connectivity index (χ0v) is 8.87. The molecule has 0 bridgehead atoms. The molecule has 0 saturated heterocycles. The van der Waals surface area contributed by atoms with Gasteiger partial charge in [0.05, 0.1) is 10.2 Å². The van der Waals surface area contributed by atoms with Crippen molar-refractivity contribution < 1.29 is 0 Å². The lowest BCUT2D eigenvalue weighted by atomic mass is 10.3. The highest BCUT2D eigenvalue weighted by Crippen LogP contribution is 2.27. The lowest BCUT2D eigenvalue weighted by Crippen LogP contribution is -1.85. The molecule has 0 saturated carbocycles. The van der Waals surface area contributed by atoms with E-state index in [4.69, 9.17) is 0 Å². The smallest absolute Gasteiger partial charge is 0.160 e. The number of anilines is 1. The SMILES string of the molecule is CNc1ccc2nc(Br)sc2c1. The van der Waals surface area contributed by atoms with Crippen LogP contribution in [0.3, 0.4) is 0 Å². The fraction of sp³-hybridized carbons (Fsp3) is 0.125. The minimum absolute atomic E-state index is 0.936. The molecule has 2 aromatic rings. The van der Waals surface area contributed by atoms with Crippen molar-refractivity contribution in [3.05, 3.63) is 22.1 Å². The third-order valence-electron chi connectivity index (χ3n) is 1.65. The highest BCUT2D eigenvalue weighted by Gasteiger charge is 2.00. The van der Waals surface area contributed by atoms with Crippen LogP contribution in [0.1, 0.15) is 0 Å². The normalized spacial score (nSPS) is 10.5. The standard InChI is InChI=1S/C8H7BrN2S/c1-10-5-2-3-6-7(4-5)12-8(9)11-6/h2-4,10H,1H3. The summed E-state index contributed by atoms with van der Waals surface area (Å²) in [5, 5.41) is 3.09. The van der Waals surface area contributed by atoms with Gasteiger partial charge in [-0.3, -0.25) is 0 Å². The van der Waals surface area contributed by atoms with Crippen LogP contribution in [0.15, 0.2) is 22.1 Å². The van der Waals surface area contributed by atoms with Crippen molar-refractivity contribution in [2.75, 3.05) is 12.4 Å². The maximum Gasteiger partial charge on any atom is 0.160 e. The number of aromatic nitrogens is 1. The van der Waals surface area contributed by atoms with Gasteiger partial charge in [-0.2, -0.15) is 0 Å². The molecule has 4 heteroatoms. The van der Waals surface area contributed by atoms with Crippen molar-refractivity contribution in [1.82, 2.24) is 4.98 Å². The van der Waals surface area contributed by atoms with Gasteiger partial charge < -0.3 is 5.32 Å². The summed E-state index contributed by atoms with van der Waals surface area (Å²) >= 11 is 5.01. The lowest BCUT2D eigenvalue weighted by Gasteiger charge is -1.96. The van der Waals surface area contributed by atoms with Gasteiger partial charge >= 0.3 is 0 Å². The number of halogens is 1. The minimum Gasteiger partial charge on any atom is -0.388 e. The van der Waals surface area contributed by atoms with Crippen molar-refractivity contribution in [1.29, 1.82) is 0 Å². The lowest BCUT2D eigenvalue weighted by molar-refractivity contribution is 1.44. The molecule has 0 amide bonds. The fourth-order valence-electron chi connectivity index (χ4n) is 1.05. The summed E-state index contributed by atoms with van der Waals surface area (Å²) < 4.78 is 2.14. The first kappa shape index (κ1) is 8.01. The molecule has 1 aromatic heterocycles. The number of thiazole rings is 1. The van der Waals surface area contributed by atoms with Crippen molar-refractivity contribution in [2.24, 2.45) is 0 Å². The number of benzene rings is 1. The molecule has 1 N–H and O–H groups in total. The second kappa shape index (κ2) is 3.03. The van der Waals surface area contributed by atoms with Gasteiger partial charge in [0.1, 0.15) is 0 Å². The summed E-state index contributed by atoms with van der Waals surface area (Å²) in [6.07, 6.45) is 0. The average Bonchev–Trinajstić information content (AvgIpc) is 2.43. The summed E-state index contributed by atoms with van der Waals surface area (Å²) in [4.78, 5) is 4.30. The van der Waals surface area contributed by atoms with Crippen LogP contribution < -0.4 is 5.32 Å². The molecule has 0 aliphatic rings. The Balaban J connectivity index is 2.66. The molecule has 1 heterocycles. The number of nitrogens with one attached hydrogen (secondary N) is 1. The summed E-state index contributed by atoms with van der Waals surface area (Å²) in [5.41, 5.74) is 2.17. The van der Waals surface area contributed by atoms with Crippen molar-refractivity contribution >= 4 is 43.2 Å². The zero-order valence-electron chi connectivity index (χ0n) is 6.47. The van der Waals surface area contributed by atoms with Crippen LogP contribution in [-0.4, -0.2) is 12.0 Å². The van der Waals surface area contributed by atoms with Gasteiger partial charge in [-0.25, -0.2) is 4.98 Å². The first-order valence-electron chi connectivity index (χ1n) is 3.53. The molecular formula is C8H7BrN2S. The highest BCUT2D eigenvalue weighted by molar-refractivity contribution is 9.11. The van der Waals surface area contributed by atoms with Crippen LogP contribution in [-0.2, 0) is 0 Å². The summed E-state index contributed by atoms with van der Waals surface area (Å²) in [7, 11) is 1.91. The van der Waals surface area contributed by atoms with E-state index in [9.17, 15) is 0 Å². The van der Waals surface area contributed by atoms with Crippen molar-refractivity contribution in [2.45, 2.75) is 0 Å². The number of nitrogens with zero attached hydrogens (tertiary/aromatic N) is 1. The molecule has 0 unspecified atom stereocenters. The number of hydrogen-bond donors (Lipinski definition) is 1. The predicted octanol–water partition coefficient (Wildman–Crippen LogP) is 3.10. The zero-order chi connectivity index (χ0) is 8.55. The Morgan fingerprint density at radius 2 is 2.33 bits per heavy atom. The Kier molecular flexibility index (Phi) is 2.02. The number of hydrogen-bond acceptors (Lipinski definition) is 3. The van der Waals surface area contributed by atoms with E-state index in [1.807, 2.05) is 19.2 Å². The Morgan fingerprint density at radius 1 is 1.50 bits per heavy atom. The topological polar surface area (TPSA) is 24.9 Å². The van der Waals surface area contributed by atoms with Gasteiger partial charge in [-0.15, -0.1) is 11.3 Å². The quantitative estimate of drug-likeness (QED) is 0.832. The van der Waals surface area contributed by atoms with Crippen LogP contribution in [0.25, 0.3) is 10.2 Å². The van der Waals surface area contributed by atoms with Crippen LogP contribution in [0.4, 0.5) is 5.69 Å². The maximum atomic E-state index is 4.30. The molecular weight excluding hydrogens is 236 g/mol. The van der Waals surface area contributed by atoms with E-state index in [2.05, 4.69) is 32.3 Å². The van der Waals surface area contributed by atoms with Crippen LogP contribution >= 0.6 is 27.3 Å². The molecule has 62 valence electrons. The van der Waals surface area contributed by atoms with E-state index in [0.29, 0.717) is 0 Å². The second-order valence-electron chi connectivity index (χ2n) is 2.40. The van der Waals surface area contributed by atoms with Crippen LogP contribution in [0.5, 0.6) is 0 Å². The fourth-order valence-corrected chi connectivity index (χ4v) is 2.50. The van der Waals surface area contributed by atoms with Gasteiger partial charge in [0.15, 0.2) is 3.92 Å². The first-order chi connectivity index (χ1) is 5.79. The highest BCUT2D eigenvalue weighted by atomic mass is 79.9. The third-order valence-corrected chi connectivity index (χ3v) is 3.12. The second-order valence-corrected chi connectivity index (χ2v) is 4.71. The Hall–Kier alpha value is -0.610. The van der Waals surface area contributed by atoms with Crippen molar-refractivity contribution in [3.8, 4) is 0 Å². The largest absolute Gasteiger partial charge is 0.388 e. The van der Waals surface area contributed by atoms with E-state index in [0.717, 1.165) is 15.1 Å². The first-order valence-corrected chi connectivity index (χ1v) is 5.14. The maximum absolute atomic E-state index is 4.30. The van der Waals surface area contributed by atoms with Gasteiger partial charge in [-0.1, -0.05) is 0 Å². The summed E-state index contributed by atoms with van der Waals surface area (Å²) in [5.74, 6) is 0. The van der Waals surface area contributed by atoms with Crippen molar-refractivity contribution in [3.63, 3.8) is 0 Å². The molecule has 2 rings (SSSR count). The van der Waals surface area contributed by atoms with Gasteiger partial charge in [0.25, 0.3) is 0 Å².